The van der Waals surface area contributed by atoms with Crippen LogP contribution in [0.2, 0.25) is 5.02 Å². The fourth-order valence-corrected chi connectivity index (χ4v) is 4.01. The number of aromatic nitrogens is 2. The van der Waals surface area contributed by atoms with Gasteiger partial charge in [-0.15, -0.1) is 0 Å². The van der Waals surface area contributed by atoms with E-state index in [4.69, 9.17) is 16.3 Å². The van der Waals surface area contributed by atoms with Gasteiger partial charge in [0.05, 0.1) is 7.11 Å². The van der Waals surface area contributed by atoms with Gasteiger partial charge in [0.1, 0.15) is 17.1 Å². The number of ether oxygens (including phenoxy) is 1. The Labute approximate surface area is 187 Å². The predicted octanol–water partition coefficient (Wildman–Crippen LogP) is 2.98. The number of nitrogens with zero attached hydrogens (tertiary/aromatic N) is 5. The van der Waals surface area contributed by atoms with Gasteiger partial charge in [0, 0.05) is 67.8 Å². The second-order valence-corrected chi connectivity index (χ2v) is 8.53. The number of methoxy groups -OCH3 is 1. The molecule has 0 bridgehead atoms. The van der Waals surface area contributed by atoms with E-state index >= 15 is 0 Å². The molecule has 1 fully saturated rings. The van der Waals surface area contributed by atoms with Crippen molar-refractivity contribution in [3.63, 3.8) is 0 Å². The second kappa shape index (κ2) is 9.26. The van der Waals surface area contributed by atoms with Gasteiger partial charge in [-0.3, -0.25) is 9.69 Å². The summed E-state index contributed by atoms with van der Waals surface area (Å²) in [6.07, 6.45) is 3.75. The lowest BCUT2D eigenvalue weighted by atomic mass is 10.1. The third-order valence-corrected chi connectivity index (χ3v) is 5.90. The molecule has 0 N–H and O–H groups in total. The van der Waals surface area contributed by atoms with E-state index in [0.29, 0.717) is 10.7 Å². The highest BCUT2D eigenvalue weighted by atomic mass is 35.5. The van der Waals surface area contributed by atoms with Crippen LogP contribution in [0.15, 0.2) is 42.7 Å². The average Bonchev–Trinajstić information content (AvgIpc) is 3.21. The number of amides is 1. The molecule has 1 aliphatic heterocycles. The minimum absolute atomic E-state index is 0.0159. The molecule has 0 aliphatic carbocycles. The smallest absolute Gasteiger partial charge is 0.274 e. The van der Waals surface area contributed by atoms with Crippen molar-refractivity contribution in [3.05, 3.63) is 53.4 Å². The number of hydrogen-bond acceptors (Lipinski definition) is 5. The first-order chi connectivity index (χ1) is 14.9. The van der Waals surface area contributed by atoms with Gasteiger partial charge in [0.25, 0.3) is 5.91 Å². The Balaban J connectivity index is 1.50. The molecule has 0 unspecified atom stereocenters. The van der Waals surface area contributed by atoms with E-state index in [0.717, 1.165) is 61.8 Å². The molecule has 1 aliphatic rings. The van der Waals surface area contributed by atoms with Crippen LogP contribution in [0.4, 0.5) is 0 Å². The number of pyridine rings is 1. The van der Waals surface area contributed by atoms with Crippen molar-refractivity contribution < 1.29 is 9.53 Å². The Morgan fingerprint density at radius 2 is 1.90 bits per heavy atom. The largest absolute Gasteiger partial charge is 0.496 e. The number of rotatable bonds is 6. The van der Waals surface area contributed by atoms with E-state index < -0.39 is 0 Å². The standard InChI is InChI=1S/C23H28ClN5O2/c1-26(2)8-9-27-10-12-28(13-11-27)23(30)20-16-29-15-17(4-7-22(29)25-20)19-14-18(24)5-6-21(19)31-3/h4-7,14-16H,8-13H2,1-3H3. The summed E-state index contributed by atoms with van der Waals surface area (Å²) in [5.41, 5.74) is 3.04. The van der Waals surface area contributed by atoms with Crippen LogP contribution in [0.5, 0.6) is 5.75 Å². The summed E-state index contributed by atoms with van der Waals surface area (Å²) in [5, 5.41) is 0.641. The highest BCUT2D eigenvalue weighted by Crippen LogP contribution is 2.32. The zero-order valence-electron chi connectivity index (χ0n) is 18.2. The van der Waals surface area contributed by atoms with Crippen LogP contribution < -0.4 is 4.74 Å². The van der Waals surface area contributed by atoms with Crippen molar-refractivity contribution in [1.29, 1.82) is 0 Å². The summed E-state index contributed by atoms with van der Waals surface area (Å²) in [5.74, 6) is 0.727. The van der Waals surface area contributed by atoms with Gasteiger partial charge < -0.3 is 18.9 Å². The Hall–Kier alpha value is -2.61. The fourth-order valence-electron chi connectivity index (χ4n) is 3.84. The van der Waals surface area contributed by atoms with Gasteiger partial charge in [-0.1, -0.05) is 11.6 Å². The first-order valence-electron chi connectivity index (χ1n) is 10.4. The first-order valence-corrected chi connectivity index (χ1v) is 10.8. The minimum atomic E-state index is -0.0159. The molecule has 0 atom stereocenters. The molecule has 2 aromatic heterocycles. The maximum Gasteiger partial charge on any atom is 0.274 e. The summed E-state index contributed by atoms with van der Waals surface area (Å²) in [4.78, 5) is 24.1. The Bertz CT molecular complexity index is 1070. The third kappa shape index (κ3) is 4.84. The van der Waals surface area contributed by atoms with Crippen molar-refractivity contribution in [2.24, 2.45) is 0 Å². The lowest BCUT2D eigenvalue weighted by molar-refractivity contribution is 0.0624. The van der Waals surface area contributed by atoms with E-state index in [1.807, 2.05) is 39.8 Å². The van der Waals surface area contributed by atoms with Crippen LogP contribution in [0.1, 0.15) is 10.5 Å². The van der Waals surface area contributed by atoms with Crippen molar-refractivity contribution >= 4 is 23.2 Å². The second-order valence-electron chi connectivity index (χ2n) is 8.09. The van der Waals surface area contributed by atoms with Gasteiger partial charge in [-0.25, -0.2) is 4.98 Å². The molecule has 1 saturated heterocycles. The van der Waals surface area contributed by atoms with Crippen LogP contribution in [-0.2, 0) is 0 Å². The van der Waals surface area contributed by atoms with Crippen LogP contribution >= 0.6 is 11.6 Å². The summed E-state index contributed by atoms with van der Waals surface area (Å²) in [7, 11) is 5.80. The number of benzene rings is 1. The summed E-state index contributed by atoms with van der Waals surface area (Å²) >= 11 is 6.19. The maximum atomic E-state index is 13.0. The maximum absolute atomic E-state index is 13.0. The highest BCUT2D eigenvalue weighted by molar-refractivity contribution is 6.31. The van der Waals surface area contributed by atoms with Gasteiger partial charge in [0.2, 0.25) is 0 Å². The highest BCUT2D eigenvalue weighted by Gasteiger charge is 2.24. The molecule has 7 nitrogen and oxygen atoms in total. The molecule has 0 spiro atoms. The molecule has 3 aromatic rings. The summed E-state index contributed by atoms with van der Waals surface area (Å²) in [6, 6.07) is 9.40. The van der Waals surface area contributed by atoms with Crippen molar-refractivity contribution in [3.8, 4) is 16.9 Å². The van der Waals surface area contributed by atoms with Crippen LogP contribution in [0.3, 0.4) is 0 Å². The minimum Gasteiger partial charge on any atom is -0.496 e. The van der Waals surface area contributed by atoms with E-state index in [1.54, 1.807) is 19.4 Å². The molecule has 164 valence electrons. The molecular weight excluding hydrogens is 414 g/mol. The van der Waals surface area contributed by atoms with E-state index in [-0.39, 0.29) is 5.91 Å². The fraction of sp³-hybridized carbons (Fsp3) is 0.391. The van der Waals surface area contributed by atoms with E-state index in [9.17, 15) is 4.79 Å². The number of fused-ring (bicyclic) bond motifs is 1. The molecule has 0 radical (unpaired) electrons. The predicted molar refractivity (Wildman–Crippen MR) is 123 cm³/mol. The zero-order valence-corrected chi connectivity index (χ0v) is 19.0. The topological polar surface area (TPSA) is 53.3 Å². The molecule has 0 saturated carbocycles. The Morgan fingerprint density at radius 3 is 2.61 bits per heavy atom. The number of imidazole rings is 1. The number of hydrogen-bond donors (Lipinski definition) is 0. The first kappa shape index (κ1) is 21.6. The molecule has 3 heterocycles. The van der Waals surface area contributed by atoms with Crippen molar-refractivity contribution in [2.75, 3.05) is 60.5 Å². The summed E-state index contributed by atoms with van der Waals surface area (Å²) in [6.45, 7) is 5.30. The quantitative estimate of drug-likeness (QED) is 0.588. The molecular formula is C23H28ClN5O2. The SMILES string of the molecule is COc1ccc(Cl)cc1-c1ccc2nc(C(=O)N3CCN(CCN(C)C)CC3)cn2c1. The van der Waals surface area contributed by atoms with Crippen molar-refractivity contribution in [2.45, 2.75) is 0 Å². The number of carbonyl (C=O) groups excluding carboxylic acids is 1. The molecule has 8 heteroatoms. The van der Waals surface area contributed by atoms with E-state index in [2.05, 4.69) is 28.9 Å². The third-order valence-electron chi connectivity index (χ3n) is 5.67. The summed E-state index contributed by atoms with van der Waals surface area (Å²) < 4.78 is 7.36. The molecule has 1 aromatic carbocycles. The molecule has 4 rings (SSSR count). The normalized spacial score (nSPS) is 15.1. The van der Waals surface area contributed by atoms with Gasteiger partial charge in [0.15, 0.2) is 0 Å². The van der Waals surface area contributed by atoms with Crippen LogP contribution in [0.25, 0.3) is 16.8 Å². The molecule has 1 amide bonds. The number of halogens is 1. The zero-order chi connectivity index (χ0) is 22.0. The lowest BCUT2D eigenvalue weighted by Gasteiger charge is -2.34. The average molecular weight is 442 g/mol. The van der Waals surface area contributed by atoms with Gasteiger partial charge in [-0.2, -0.15) is 0 Å². The van der Waals surface area contributed by atoms with Gasteiger partial charge in [-0.05, 0) is 44.4 Å². The van der Waals surface area contributed by atoms with Crippen LogP contribution in [0, 0.1) is 0 Å². The van der Waals surface area contributed by atoms with Gasteiger partial charge >= 0.3 is 0 Å². The number of carbonyl (C=O) groups is 1. The molecule has 31 heavy (non-hydrogen) atoms. The Morgan fingerprint density at radius 1 is 1.13 bits per heavy atom. The number of piperazine rings is 1. The lowest BCUT2D eigenvalue weighted by Crippen LogP contribution is -2.50. The monoisotopic (exact) mass is 441 g/mol. The van der Waals surface area contributed by atoms with Crippen LogP contribution in [-0.4, -0.2) is 90.5 Å². The number of likely N-dealkylation sites (N-methyl/N-ethyl adjacent to an activating group) is 1. The van der Waals surface area contributed by atoms with E-state index in [1.165, 1.54) is 0 Å². The Kier molecular flexibility index (Phi) is 6.46. The van der Waals surface area contributed by atoms with Crippen molar-refractivity contribution in [1.82, 2.24) is 24.1 Å².